The molecule has 2 aliphatic rings. The second-order valence-electron chi connectivity index (χ2n) is 5.58. The van der Waals surface area contributed by atoms with E-state index >= 15 is 0 Å². The van der Waals surface area contributed by atoms with Gasteiger partial charge in [-0.05, 0) is 50.2 Å². The molecule has 22 heavy (non-hydrogen) atoms. The van der Waals surface area contributed by atoms with Crippen molar-refractivity contribution in [1.82, 2.24) is 9.12 Å². The van der Waals surface area contributed by atoms with Crippen molar-refractivity contribution in [2.45, 2.75) is 22.6 Å². The summed E-state index contributed by atoms with van der Waals surface area (Å²) in [5, 5.41) is 0. The van der Waals surface area contributed by atoms with E-state index < -0.39 is 10.0 Å². The highest BCUT2D eigenvalue weighted by Crippen LogP contribution is 2.46. The van der Waals surface area contributed by atoms with Crippen LogP contribution >= 0.6 is 11.8 Å². The average Bonchev–Trinajstić information content (AvgIpc) is 2.95. The van der Waals surface area contributed by atoms with E-state index in [1.54, 1.807) is 52.3 Å². The van der Waals surface area contributed by atoms with Gasteiger partial charge >= 0.3 is 0 Å². The maximum absolute atomic E-state index is 13.0. The van der Waals surface area contributed by atoms with Crippen molar-refractivity contribution in [2.75, 3.05) is 32.5 Å². The van der Waals surface area contributed by atoms with E-state index in [0.717, 1.165) is 31.7 Å². The number of rotatable bonds is 3. The van der Waals surface area contributed by atoms with Crippen LogP contribution < -0.4 is 4.74 Å². The molecule has 0 saturated carbocycles. The predicted molar refractivity (Wildman–Crippen MR) is 88.6 cm³/mol. The fraction of sp³-hybridized carbons (Fsp3) is 0.571. The van der Waals surface area contributed by atoms with Gasteiger partial charge in [-0.2, -0.15) is 4.31 Å². The third-order valence-corrected chi connectivity index (χ3v) is 7.99. The van der Waals surface area contributed by atoms with Gasteiger partial charge in [0, 0.05) is 12.3 Å². The van der Waals surface area contributed by atoms with Crippen molar-refractivity contribution in [3.8, 4) is 5.75 Å². The lowest BCUT2D eigenvalue weighted by atomic mass is 10.0. The van der Waals surface area contributed by atoms with Crippen LogP contribution in [-0.2, 0) is 10.0 Å². The molecule has 118 valence electrons. The molecule has 2 aliphatic heterocycles. The lowest BCUT2D eigenvalue weighted by Gasteiger charge is -2.42. The molecule has 0 aliphatic carbocycles. The molecule has 2 saturated heterocycles. The number of sulfonamides is 1. The summed E-state index contributed by atoms with van der Waals surface area (Å²) in [6.07, 6.45) is 1.53. The van der Waals surface area contributed by atoms with Crippen LogP contribution in [0.15, 0.2) is 29.2 Å². The van der Waals surface area contributed by atoms with Gasteiger partial charge in [0.05, 0.1) is 16.9 Å². The molecular formula is C14H19BN2O3S2. The van der Waals surface area contributed by atoms with Gasteiger partial charge in [0.2, 0.25) is 10.0 Å². The summed E-state index contributed by atoms with van der Waals surface area (Å²) in [4.78, 5) is 1.75. The Balaban J connectivity index is 1.90. The molecule has 0 atom stereocenters. The Hall–Kier alpha value is -0.695. The van der Waals surface area contributed by atoms with Gasteiger partial charge in [0.1, 0.15) is 5.75 Å². The fourth-order valence-electron chi connectivity index (χ4n) is 3.08. The molecule has 0 aromatic heterocycles. The van der Waals surface area contributed by atoms with E-state index in [9.17, 15) is 8.42 Å². The Morgan fingerprint density at radius 1 is 1.18 bits per heavy atom. The average molecular weight is 338 g/mol. The van der Waals surface area contributed by atoms with Gasteiger partial charge in [-0.15, -0.1) is 11.8 Å². The molecule has 0 N–H and O–H groups in total. The lowest BCUT2D eigenvalue weighted by molar-refractivity contribution is 0.209. The molecule has 0 amide bonds. The normalized spacial score (nSPS) is 23.0. The number of benzene rings is 1. The van der Waals surface area contributed by atoms with E-state index in [2.05, 4.69) is 0 Å². The van der Waals surface area contributed by atoms with Crippen LogP contribution in [0.2, 0.25) is 0 Å². The summed E-state index contributed by atoms with van der Waals surface area (Å²) >= 11 is 1.74. The van der Waals surface area contributed by atoms with E-state index in [4.69, 9.17) is 12.7 Å². The molecule has 5 nitrogen and oxygen atoms in total. The van der Waals surface area contributed by atoms with Crippen molar-refractivity contribution < 1.29 is 13.2 Å². The first-order valence-corrected chi connectivity index (χ1v) is 9.71. The Labute approximate surface area is 137 Å². The van der Waals surface area contributed by atoms with Crippen molar-refractivity contribution >= 4 is 29.8 Å². The van der Waals surface area contributed by atoms with E-state index in [1.165, 1.54) is 0 Å². The zero-order valence-electron chi connectivity index (χ0n) is 12.6. The molecule has 2 fully saturated rings. The first-order valence-electron chi connectivity index (χ1n) is 7.28. The van der Waals surface area contributed by atoms with Crippen molar-refractivity contribution in [1.29, 1.82) is 0 Å². The van der Waals surface area contributed by atoms with Gasteiger partial charge in [0.15, 0.2) is 7.98 Å². The van der Waals surface area contributed by atoms with E-state index in [1.807, 2.05) is 0 Å². The molecule has 3 rings (SSSR count). The minimum absolute atomic E-state index is 0.324. The van der Waals surface area contributed by atoms with Gasteiger partial charge in [-0.25, -0.2) is 8.42 Å². The molecule has 1 spiro atoms. The Kier molecular flexibility index (Phi) is 4.46. The molecule has 1 aromatic carbocycles. The van der Waals surface area contributed by atoms with Crippen LogP contribution in [-0.4, -0.2) is 62.9 Å². The maximum Gasteiger partial charge on any atom is 0.244 e. The Bertz CT molecular complexity index is 628. The van der Waals surface area contributed by atoms with Crippen molar-refractivity contribution in [2.24, 2.45) is 0 Å². The summed E-state index contributed by atoms with van der Waals surface area (Å²) < 4.78 is 32.8. The van der Waals surface area contributed by atoms with Crippen LogP contribution in [0.25, 0.3) is 0 Å². The molecule has 1 aromatic rings. The number of nitrogens with zero attached hydrogens (tertiary/aromatic N) is 2. The number of hydrogen-bond donors (Lipinski definition) is 0. The van der Waals surface area contributed by atoms with Crippen LogP contribution in [0, 0.1) is 0 Å². The molecule has 0 bridgehead atoms. The highest BCUT2D eigenvalue weighted by atomic mass is 32.2. The largest absolute Gasteiger partial charge is 0.497 e. The standard InChI is InChI=1S/C14H19BN2O3S2/c1-20-12-2-4-13(5-3-12)22(18,19)17-10-11-21-14(17)6-8-16(15)9-7-14/h2-5H,6-11H2,1H3. The molecule has 2 heterocycles. The Morgan fingerprint density at radius 3 is 2.41 bits per heavy atom. The number of hydrogen-bond acceptors (Lipinski definition) is 5. The van der Waals surface area contributed by atoms with Crippen LogP contribution in [0.5, 0.6) is 5.75 Å². The maximum atomic E-state index is 13.0. The number of piperidine rings is 1. The van der Waals surface area contributed by atoms with Gasteiger partial charge < -0.3 is 9.55 Å². The summed E-state index contributed by atoms with van der Waals surface area (Å²) in [7, 11) is 3.90. The summed E-state index contributed by atoms with van der Waals surface area (Å²) in [6.45, 7) is 2.01. The minimum atomic E-state index is -3.49. The second kappa shape index (κ2) is 6.07. The number of ether oxygens (including phenoxy) is 1. The third-order valence-electron chi connectivity index (χ3n) is 4.35. The minimum Gasteiger partial charge on any atom is -0.497 e. The first-order chi connectivity index (χ1) is 10.5. The highest BCUT2D eigenvalue weighted by Gasteiger charge is 2.49. The van der Waals surface area contributed by atoms with Crippen molar-refractivity contribution in [3.05, 3.63) is 24.3 Å². The summed E-state index contributed by atoms with van der Waals surface area (Å²) in [6, 6.07) is 6.60. The smallest absolute Gasteiger partial charge is 0.244 e. The first kappa shape index (κ1) is 16.2. The molecule has 8 heteroatoms. The van der Waals surface area contributed by atoms with Gasteiger partial charge in [-0.3, -0.25) is 0 Å². The second-order valence-corrected chi connectivity index (χ2v) is 8.90. The Morgan fingerprint density at radius 2 is 1.82 bits per heavy atom. The molecule has 0 unspecified atom stereocenters. The highest BCUT2D eigenvalue weighted by molar-refractivity contribution is 8.02. The van der Waals surface area contributed by atoms with Crippen LogP contribution in [0.3, 0.4) is 0 Å². The number of methoxy groups -OCH3 is 1. The quantitative estimate of drug-likeness (QED) is 0.778. The predicted octanol–water partition coefficient (Wildman–Crippen LogP) is 1.31. The van der Waals surface area contributed by atoms with E-state index in [0.29, 0.717) is 17.2 Å². The van der Waals surface area contributed by atoms with Gasteiger partial charge in [-0.1, -0.05) is 0 Å². The van der Waals surface area contributed by atoms with Gasteiger partial charge in [0.25, 0.3) is 0 Å². The zero-order valence-corrected chi connectivity index (χ0v) is 14.2. The lowest BCUT2D eigenvalue weighted by Crippen LogP contribution is -2.52. The third kappa shape index (κ3) is 2.77. The number of thioether (sulfide) groups is 1. The van der Waals surface area contributed by atoms with Crippen molar-refractivity contribution in [3.63, 3.8) is 0 Å². The fourth-order valence-corrected chi connectivity index (χ4v) is 6.69. The molecule has 2 radical (unpaired) electrons. The zero-order chi connectivity index (χ0) is 15.8. The summed E-state index contributed by atoms with van der Waals surface area (Å²) in [5.74, 6) is 1.49. The molecular weight excluding hydrogens is 319 g/mol. The van der Waals surface area contributed by atoms with Crippen LogP contribution in [0.1, 0.15) is 12.8 Å². The van der Waals surface area contributed by atoms with Crippen LogP contribution in [0.4, 0.5) is 0 Å². The topological polar surface area (TPSA) is 49.9 Å². The summed E-state index contributed by atoms with van der Waals surface area (Å²) in [5.41, 5.74) is 0. The van der Waals surface area contributed by atoms with E-state index in [-0.39, 0.29) is 4.87 Å². The monoisotopic (exact) mass is 338 g/mol. The SMILES string of the molecule is [B]N1CCC2(CC1)SCCN2S(=O)(=O)c1ccc(OC)cc1.